The van der Waals surface area contributed by atoms with E-state index in [0.29, 0.717) is 5.92 Å². The normalized spacial score (nSPS) is 17.8. The molecule has 0 aromatic carbocycles. The van der Waals surface area contributed by atoms with E-state index < -0.39 is 0 Å². The highest BCUT2D eigenvalue weighted by molar-refractivity contribution is 5.89. The van der Waals surface area contributed by atoms with Crippen LogP contribution in [0.25, 0.3) is 0 Å². The lowest BCUT2D eigenvalue weighted by Crippen LogP contribution is -2.25. The maximum Gasteiger partial charge on any atom is 0.333 e. The fourth-order valence-electron chi connectivity index (χ4n) is 1.92. The molecule has 90 valence electrons. The largest absolute Gasteiger partial charge is 0.466 e. The fourth-order valence-corrected chi connectivity index (χ4v) is 1.92. The predicted octanol–water partition coefficient (Wildman–Crippen LogP) is 2.18. The van der Waals surface area contributed by atoms with E-state index in [1.807, 2.05) is 12.2 Å². The highest BCUT2D eigenvalue weighted by Crippen LogP contribution is 2.23. The topological polar surface area (TPSA) is 52.3 Å². The Bertz CT molecular complexity index is 316. The molecule has 0 radical (unpaired) electrons. The third-order valence-electron chi connectivity index (χ3n) is 2.83. The van der Waals surface area contributed by atoms with Crippen LogP contribution in [0.15, 0.2) is 23.3 Å². The van der Waals surface area contributed by atoms with Crippen molar-refractivity contribution in [2.24, 2.45) is 11.7 Å². The summed E-state index contributed by atoms with van der Waals surface area (Å²) in [5.41, 5.74) is 8.07. The van der Waals surface area contributed by atoms with E-state index in [2.05, 4.69) is 18.6 Å². The Morgan fingerprint density at radius 3 is 2.56 bits per heavy atom. The molecule has 0 unspecified atom stereocenters. The summed E-state index contributed by atoms with van der Waals surface area (Å²) < 4.78 is 4.68. The first-order chi connectivity index (χ1) is 7.54. The van der Waals surface area contributed by atoms with Crippen LogP contribution in [0.1, 0.15) is 33.1 Å². The molecule has 0 aromatic heterocycles. The van der Waals surface area contributed by atoms with Crippen molar-refractivity contribution in [1.82, 2.24) is 0 Å². The third kappa shape index (κ3) is 3.49. The number of rotatable bonds is 4. The molecular weight excluding hydrogens is 202 g/mol. The van der Waals surface area contributed by atoms with Crippen molar-refractivity contribution in [3.05, 3.63) is 23.3 Å². The van der Waals surface area contributed by atoms with Crippen molar-refractivity contribution in [3.63, 3.8) is 0 Å². The van der Waals surface area contributed by atoms with Gasteiger partial charge in [0.1, 0.15) is 0 Å². The second-order valence-corrected chi connectivity index (χ2v) is 4.66. The maximum atomic E-state index is 11.3. The van der Waals surface area contributed by atoms with Crippen molar-refractivity contribution in [2.75, 3.05) is 7.11 Å². The summed E-state index contributed by atoms with van der Waals surface area (Å²) in [5, 5.41) is 0. The highest BCUT2D eigenvalue weighted by atomic mass is 16.5. The van der Waals surface area contributed by atoms with Gasteiger partial charge in [-0.25, -0.2) is 4.79 Å². The first kappa shape index (κ1) is 13.0. The number of allylic oxidation sites excluding steroid dienone is 2. The van der Waals surface area contributed by atoms with Gasteiger partial charge in [-0.15, -0.1) is 0 Å². The van der Waals surface area contributed by atoms with E-state index in [4.69, 9.17) is 5.73 Å². The van der Waals surface area contributed by atoms with Crippen molar-refractivity contribution in [2.45, 2.75) is 39.2 Å². The van der Waals surface area contributed by atoms with Crippen LogP contribution in [0, 0.1) is 5.92 Å². The molecule has 0 bridgehead atoms. The molecule has 1 rings (SSSR count). The standard InChI is InChI=1S/C13H21NO2/c1-9(2)8-12(14)10-4-6-11(7-5-10)13(15)16-3/h4,6,9,12H,5,7-8,14H2,1-3H3/t12-/m1/s1. The zero-order chi connectivity index (χ0) is 12.1. The van der Waals surface area contributed by atoms with Gasteiger partial charge in [0.15, 0.2) is 0 Å². The molecule has 1 aliphatic rings. The van der Waals surface area contributed by atoms with Crippen LogP contribution in [0.4, 0.5) is 0 Å². The van der Waals surface area contributed by atoms with Crippen molar-refractivity contribution in [1.29, 1.82) is 0 Å². The van der Waals surface area contributed by atoms with Gasteiger partial charge in [0.2, 0.25) is 0 Å². The van der Waals surface area contributed by atoms with E-state index in [0.717, 1.165) is 24.8 Å². The zero-order valence-electron chi connectivity index (χ0n) is 10.3. The van der Waals surface area contributed by atoms with E-state index in [1.165, 1.54) is 12.7 Å². The summed E-state index contributed by atoms with van der Waals surface area (Å²) in [6.07, 6.45) is 6.42. The van der Waals surface area contributed by atoms with Gasteiger partial charge < -0.3 is 10.5 Å². The zero-order valence-corrected chi connectivity index (χ0v) is 10.3. The van der Waals surface area contributed by atoms with Crippen LogP contribution in [-0.4, -0.2) is 19.1 Å². The summed E-state index contributed by atoms with van der Waals surface area (Å²) in [7, 11) is 1.41. The van der Waals surface area contributed by atoms with Gasteiger partial charge in [-0.3, -0.25) is 0 Å². The molecule has 0 saturated heterocycles. The molecule has 1 aliphatic carbocycles. The van der Waals surface area contributed by atoms with Crippen LogP contribution in [0.3, 0.4) is 0 Å². The van der Waals surface area contributed by atoms with Gasteiger partial charge in [0.05, 0.1) is 7.11 Å². The van der Waals surface area contributed by atoms with Gasteiger partial charge in [-0.2, -0.15) is 0 Å². The Morgan fingerprint density at radius 2 is 2.12 bits per heavy atom. The Kier molecular flexibility index (Phi) is 4.74. The molecule has 0 aromatic rings. The minimum Gasteiger partial charge on any atom is -0.466 e. The lowest BCUT2D eigenvalue weighted by atomic mass is 9.90. The second-order valence-electron chi connectivity index (χ2n) is 4.66. The molecule has 0 heterocycles. The van der Waals surface area contributed by atoms with Crippen LogP contribution in [0.2, 0.25) is 0 Å². The summed E-state index contributed by atoms with van der Waals surface area (Å²) in [4.78, 5) is 11.3. The number of esters is 1. The lowest BCUT2D eigenvalue weighted by Gasteiger charge is -2.20. The molecule has 16 heavy (non-hydrogen) atoms. The minimum absolute atomic E-state index is 0.121. The number of carbonyl (C=O) groups is 1. The average Bonchev–Trinajstić information content (AvgIpc) is 2.27. The van der Waals surface area contributed by atoms with Gasteiger partial charge in [0, 0.05) is 11.6 Å². The molecule has 3 heteroatoms. The van der Waals surface area contributed by atoms with Gasteiger partial charge in [0.25, 0.3) is 0 Å². The van der Waals surface area contributed by atoms with E-state index >= 15 is 0 Å². The molecule has 0 aliphatic heterocycles. The van der Waals surface area contributed by atoms with Crippen LogP contribution in [-0.2, 0) is 9.53 Å². The van der Waals surface area contributed by atoms with Crippen molar-refractivity contribution in [3.8, 4) is 0 Å². The number of hydrogen-bond donors (Lipinski definition) is 1. The molecule has 0 saturated carbocycles. The van der Waals surface area contributed by atoms with Crippen LogP contribution < -0.4 is 5.73 Å². The quantitative estimate of drug-likeness (QED) is 0.743. The predicted molar refractivity (Wildman–Crippen MR) is 64.8 cm³/mol. The molecule has 0 fully saturated rings. The molecular formula is C13H21NO2. The summed E-state index contributed by atoms with van der Waals surface area (Å²) in [6, 6.07) is 0.121. The molecule has 0 amide bonds. The Morgan fingerprint density at radius 1 is 1.44 bits per heavy atom. The number of ether oxygens (including phenoxy) is 1. The van der Waals surface area contributed by atoms with Gasteiger partial charge >= 0.3 is 5.97 Å². The van der Waals surface area contributed by atoms with E-state index in [-0.39, 0.29) is 12.0 Å². The Hall–Kier alpha value is -1.09. The number of nitrogens with two attached hydrogens (primary N) is 1. The monoisotopic (exact) mass is 223 g/mol. The van der Waals surface area contributed by atoms with Gasteiger partial charge in [-0.1, -0.05) is 31.6 Å². The number of hydrogen-bond acceptors (Lipinski definition) is 3. The highest BCUT2D eigenvalue weighted by Gasteiger charge is 2.17. The molecule has 0 spiro atoms. The van der Waals surface area contributed by atoms with Crippen LogP contribution in [0.5, 0.6) is 0 Å². The maximum absolute atomic E-state index is 11.3. The summed E-state index contributed by atoms with van der Waals surface area (Å²) in [6.45, 7) is 4.33. The first-order valence-corrected chi connectivity index (χ1v) is 5.78. The number of carbonyl (C=O) groups excluding carboxylic acids is 1. The molecule has 2 N–H and O–H groups in total. The minimum atomic E-state index is -0.229. The fraction of sp³-hybridized carbons (Fsp3) is 0.615. The van der Waals surface area contributed by atoms with Crippen LogP contribution >= 0.6 is 0 Å². The summed E-state index contributed by atoms with van der Waals surface area (Å²) >= 11 is 0. The summed E-state index contributed by atoms with van der Waals surface area (Å²) in [5.74, 6) is 0.370. The van der Waals surface area contributed by atoms with Crippen molar-refractivity contribution >= 4 is 5.97 Å². The molecule has 3 nitrogen and oxygen atoms in total. The third-order valence-corrected chi connectivity index (χ3v) is 2.83. The van der Waals surface area contributed by atoms with E-state index in [9.17, 15) is 4.79 Å². The van der Waals surface area contributed by atoms with E-state index in [1.54, 1.807) is 0 Å². The second kappa shape index (κ2) is 5.85. The van der Waals surface area contributed by atoms with Gasteiger partial charge in [-0.05, 0) is 25.2 Å². The first-order valence-electron chi connectivity index (χ1n) is 5.78. The average molecular weight is 223 g/mol. The lowest BCUT2D eigenvalue weighted by molar-refractivity contribution is -0.136. The smallest absolute Gasteiger partial charge is 0.333 e. The van der Waals surface area contributed by atoms with Crippen molar-refractivity contribution < 1.29 is 9.53 Å². The SMILES string of the molecule is COC(=O)C1=CC=C([C@H](N)CC(C)C)CC1. The Balaban J connectivity index is 2.63. The molecule has 1 atom stereocenters. The number of methoxy groups -OCH3 is 1. The Labute approximate surface area is 97.3 Å².